The average Bonchev–Trinajstić information content (AvgIpc) is 3.23. The van der Waals surface area contributed by atoms with Crippen LogP contribution in [-0.4, -0.2) is 28.7 Å². The molecule has 130 valence electrons. The second kappa shape index (κ2) is 6.16. The molecule has 0 saturated heterocycles. The molecule has 3 aromatic rings. The zero-order valence-electron chi connectivity index (χ0n) is 14.3. The first-order chi connectivity index (χ1) is 12.0. The van der Waals surface area contributed by atoms with Crippen molar-refractivity contribution in [3.8, 4) is 5.75 Å². The summed E-state index contributed by atoms with van der Waals surface area (Å²) in [4.78, 5) is 19.1. The summed E-state index contributed by atoms with van der Waals surface area (Å²) in [5, 5.41) is 2.99. The Hall–Kier alpha value is -2.38. The topological polar surface area (TPSA) is 64.9 Å². The molecule has 1 unspecified atom stereocenters. The summed E-state index contributed by atoms with van der Waals surface area (Å²) in [5.74, 6) is 0.735. The lowest BCUT2D eigenvalue weighted by atomic mass is 10.1. The minimum absolute atomic E-state index is 0.116. The zero-order chi connectivity index (χ0) is 17.6. The fraction of sp³-hybridized carbons (Fsp3) is 0.333. The highest BCUT2D eigenvalue weighted by molar-refractivity contribution is 7.17. The van der Waals surface area contributed by atoms with Crippen LogP contribution in [0.25, 0.3) is 4.96 Å². The summed E-state index contributed by atoms with van der Waals surface area (Å²) in [7, 11) is 1.64. The molecule has 1 aliphatic heterocycles. The van der Waals surface area contributed by atoms with Crippen molar-refractivity contribution in [1.82, 2.24) is 14.7 Å². The summed E-state index contributed by atoms with van der Waals surface area (Å²) in [6.45, 7) is 4.33. The number of nitrogens with zero attached hydrogens (tertiary/aromatic N) is 2. The van der Waals surface area contributed by atoms with Crippen LogP contribution in [-0.2, 0) is 17.7 Å². The third-order valence-electron chi connectivity index (χ3n) is 4.32. The van der Waals surface area contributed by atoms with Gasteiger partial charge in [-0.1, -0.05) is 12.1 Å². The number of benzene rings is 1. The van der Waals surface area contributed by atoms with Gasteiger partial charge in [0, 0.05) is 36.7 Å². The van der Waals surface area contributed by atoms with Gasteiger partial charge in [-0.15, -0.1) is 11.3 Å². The van der Waals surface area contributed by atoms with Gasteiger partial charge >= 0.3 is 0 Å². The van der Waals surface area contributed by atoms with Crippen LogP contribution in [0.3, 0.4) is 0 Å². The molecule has 6 nitrogen and oxygen atoms in total. The molecule has 0 spiro atoms. The molecule has 0 radical (unpaired) electrons. The van der Waals surface area contributed by atoms with E-state index in [4.69, 9.17) is 9.47 Å². The number of nitrogens with one attached hydrogen (secondary N) is 1. The first kappa shape index (κ1) is 16.1. The number of carbonyl (C=O) groups excluding carboxylic acids is 1. The van der Waals surface area contributed by atoms with Crippen molar-refractivity contribution in [3.05, 3.63) is 51.8 Å². The smallest absolute Gasteiger partial charge is 0.270 e. The second-order valence-corrected chi connectivity index (χ2v) is 7.37. The molecule has 1 aromatic carbocycles. The lowest BCUT2D eigenvalue weighted by molar-refractivity contribution is -0.0367. The van der Waals surface area contributed by atoms with Crippen molar-refractivity contribution in [2.75, 3.05) is 7.11 Å². The number of aromatic nitrogens is 2. The first-order valence-electron chi connectivity index (χ1n) is 8.09. The molecule has 0 fully saturated rings. The number of methoxy groups -OCH3 is 1. The Morgan fingerprint density at radius 1 is 1.48 bits per heavy atom. The van der Waals surface area contributed by atoms with Gasteiger partial charge in [-0.05, 0) is 25.5 Å². The lowest BCUT2D eigenvalue weighted by Gasteiger charge is -2.07. The van der Waals surface area contributed by atoms with E-state index >= 15 is 0 Å². The van der Waals surface area contributed by atoms with Gasteiger partial charge in [-0.2, -0.15) is 0 Å². The van der Waals surface area contributed by atoms with Crippen molar-refractivity contribution in [1.29, 1.82) is 0 Å². The molecule has 2 aromatic heterocycles. The number of thiazole rings is 1. The predicted molar refractivity (Wildman–Crippen MR) is 95.3 cm³/mol. The normalized spacial score (nSPS) is 16.0. The molecule has 1 N–H and O–H groups in total. The zero-order valence-corrected chi connectivity index (χ0v) is 15.1. The predicted octanol–water partition coefficient (Wildman–Crippen LogP) is 2.85. The molecule has 1 atom stereocenters. The molecule has 1 amide bonds. The summed E-state index contributed by atoms with van der Waals surface area (Å²) in [6, 6.07) is 5.95. The summed E-state index contributed by atoms with van der Waals surface area (Å²) < 4.78 is 12.7. The van der Waals surface area contributed by atoms with Crippen molar-refractivity contribution in [2.24, 2.45) is 0 Å². The molecule has 0 saturated carbocycles. The molecule has 7 heteroatoms. The number of carbonyl (C=O) groups is 1. The highest BCUT2D eigenvalue weighted by Crippen LogP contribution is 2.29. The Labute approximate surface area is 149 Å². The molecular weight excluding hydrogens is 338 g/mol. The van der Waals surface area contributed by atoms with Gasteiger partial charge in [-0.3, -0.25) is 9.20 Å². The van der Waals surface area contributed by atoms with E-state index in [1.807, 2.05) is 36.6 Å². The Kier molecular flexibility index (Phi) is 3.97. The van der Waals surface area contributed by atoms with Gasteiger partial charge in [0.2, 0.25) is 6.29 Å². The second-order valence-electron chi connectivity index (χ2n) is 6.15. The highest BCUT2D eigenvalue weighted by atomic mass is 32.1. The van der Waals surface area contributed by atoms with Gasteiger partial charge in [-0.25, -0.2) is 4.98 Å². The van der Waals surface area contributed by atoms with Crippen molar-refractivity contribution >= 4 is 22.2 Å². The Morgan fingerprint density at radius 3 is 3.12 bits per heavy atom. The van der Waals surface area contributed by atoms with E-state index in [1.54, 1.807) is 18.4 Å². The maximum Gasteiger partial charge on any atom is 0.270 e. The van der Waals surface area contributed by atoms with Crippen LogP contribution in [0.5, 0.6) is 5.75 Å². The number of rotatable bonds is 4. The summed E-state index contributed by atoms with van der Waals surface area (Å²) in [6.07, 6.45) is 2.46. The minimum Gasteiger partial charge on any atom is -0.464 e. The molecule has 4 rings (SSSR count). The first-order valence-corrected chi connectivity index (χ1v) is 8.91. The van der Waals surface area contributed by atoms with E-state index in [1.165, 1.54) is 0 Å². The van der Waals surface area contributed by atoms with Gasteiger partial charge in [0.05, 0.1) is 5.69 Å². The van der Waals surface area contributed by atoms with E-state index in [0.717, 1.165) is 38.8 Å². The lowest BCUT2D eigenvalue weighted by Crippen LogP contribution is -2.24. The van der Waals surface area contributed by atoms with Crippen LogP contribution < -0.4 is 10.1 Å². The van der Waals surface area contributed by atoms with E-state index in [-0.39, 0.29) is 12.2 Å². The number of fused-ring (bicyclic) bond motifs is 2. The van der Waals surface area contributed by atoms with E-state index in [2.05, 4.69) is 16.4 Å². The van der Waals surface area contributed by atoms with Crippen molar-refractivity contribution in [2.45, 2.75) is 33.1 Å². The maximum absolute atomic E-state index is 12.6. The van der Waals surface area contributed by atoms with Crippen LogP contribution in [0.15, 0.2) is 24.4 Å². The fourth-order valence-electron chi connectivity index (χ4n) is 3.12. The molecule has 25 heavy (non-hydrogen) atoms. The SMILES string of the molecule is COC1Cc2cc(CNC(=O)c3c(C)nc4sc(C)cn34)ccc2O1. The summed E-state index contributed by atoms with van der Waals surface area (Å²) >= 11 is 1.58. The van der Waals surface area contributed by atoms with E-state index < -0.39 is 0 Å². The number of imidazole rings is 1. The number of aryl methyl sites for hydroxylation is 2. The maximum atomic E-state index is 12.6. The minimum atomic E-state index is -0.218. The Bertz CT molecular complexity index is 960. The Morgan fingerprint density at radius 2 is 2.32 bits per heavy atom. The average molecular weight is 357 g/mol. The fourth-order valence-corrected chi connectivity index (χ4v) is 3.99. The van der Waals surface area contributed by atoms with Gasteiger partial charge in [0.25, 0.3) is 5.91 Å². The quantitative estimate of drug-likeness (QED) is 0.780. The standard InChI is InChI=1S/C18H19N3O3S/c1-10-9-21-16(11(2)20-18(21)25-10)17(22)19-8-12-4-5-14-13(6-12)7-15(23-3)24-14/h4-6,9,15H,7-8H2,1-3H3,(H,19,22). The Balaban J connectivity index is 1.50. The van der Waals surface area contributed by atoms with Crippen LogP contribution >= 0.6 is 11.3 Å². The number of hydrogen-bond donors (Lipinski definition) is 1. The van der Waals surface area contributed by atoms with Crippen LogP contribution in [0.2, 0.25) is 0 Å². The summed E-state index contributed by atoms with van der Waals surface area (Å²) in [5.41, 5.74) is 3.49. The van der Waals surface area contributed by atoms with Crippen LogP contribution in [0, 0.1) is 13.8 Å². The highest BCUT2D eigenvalue weighted by Gasteiger charge is 2.23. The number of amides is 1. The van der Waals surface area contributed by atoms with Crippen molar-refractivity contribution < 1.29 is 14.3 Å². The van der Waals surface area contributed by atoms with Crippen molar-refractivity contribution in [3.63, 3.8) is 0 Å². The molecule has 1 aliphatic rings. The number of hydrogen-bond acceptors (Lipinski definition) is 5. The van der Waals surface area contributed by atoms with Gasteiger partial charge in [0.1, 0.15) is 11.4 Å². The van der Waals surface area contributed by atoms with Gasteiger partial charge < -0.3 is 14.8 Å². The third-order valence-corrected chi connectivity index (χ3v) is 5.22. The number of ether oxygens (including phenoxy) is 2. The van der Waals surface area contributed by atoms with Crippen LogP contribution in [0.1, 0.15) is 32.2 Å². The largest absolute Gasteiger partial charge is 0.464 e. The molecular formula is C18H19N3O3S. The molecule has 0 aliphatic carbocycles. The van der Waals surface area contributed by atoms with Gasteiger partial charge in [0.15, 0.2) is 4.96 Å². The molecule has 3 heterocycles. The van der Waals surface area contributed by atoms with E-state index in [9.17, 15) is 4.79 Å². The van der Waals surface area contributed by atoms with E-state index in [0.29, 0.717) is 12.2 Å². The monoisotopic (exact) mass is 357 g/mol. The molecule has 0 bridgehead atoms. The van der Waals surface area contributed by atoms with Crippen LogP contribution in [0.4, 0.5) is 0 Å². The third kappa shape index (κ3) is 2.89.